The highest BCUT2D eigenvalue weighted by molar-refractivity contribution is 5.71. The summed E-state index contributed by atoms with van der Waals surface area (Å²) in [5.41, 5.74) is 0. The summed E-state index contributed by atoms with van der Waals surface area (Å²) in [6, 6.07) is 0. The monoisotopic (exact) mass is 1020 g/mol. The van der Waals surface area contributed by atoms with Gasteiger partial charge in [-0.05, 0) is 19.3 Å². The van der Waals surface area contributed by atoms with Crippen LogP contribution < -0.4 is 0 Å². The van der Waals surface area contributed by atoms with Crippen LogP contribution in [0.4, 0.5) is 0 Å². The normalized spacial score (nSPS) is 11.9. The van der Waals surface area contributed by atoms with Gasteiger partial charge in [0, 0.05) is 19.3 Å². The van der Waals surface area contributed by atoms with Gasteiger partial charge in [-0.1, -0.05) is 348 Å². The largest absolute Gasteiger partial charge is 0.462 e. The molecule has 1 atom stereocenters. The first-order valence-electron chi connectivity index (χ1n) is 33.0. The van der Waals surface area contributed by atoms with Crippen LogP contribution in [0.25, 0.3) is 0 Å². The van der Waals surface area contributed by atoms with E-state index in [9.17, 15) is 14.4 Å². The predicted octanol–water partition coefficient (Wildman–Crippen LogP) is 22.3. The topological polar surface area (TPSA) is 78.9 Å². The molecule has 0 aromatic heterocycles. The highest BCUT2D eigenvalue weighted by Crippen LogP contribution is 2.19. The highest BCUT2D eigenvalue weighted by Gasteiger charge is 2.19. The minimum absolute atomic E-state index is 0.0605. The zero-order valence-corrected chi connectivity index (χ0v) is 49.2. The van der Waals surface area contributed by atoms with E-state index in [0.29, 0.717) is 19.3 Å². The van der Waals surface area contributed by atoms with E-state index in [-0.39, 0.29) is 31.1 Å². The van der Waals surface area contributed by atoms with Gasteiger partial charge in [0.1, 0.15) is 13.2 Å². The standard InChI is InChI=1S/C66H128O6/c1-4-7-10-13-16-19-22-25-27-29-31-33-35-37-39-41-44-47-50-53-56-59-65(68)71-62-63(61-70-64(67)58-55-52-49-46-43-24-21-18-15-12-9-6-3)72-66(69)60-57-54-51-48-45-42-40-38-36-34-32-30-28-26-23-20-17-14-11-8-5-2/h63H,4-62H2,1-3H3. The van der Waals surface area contributed by atoms with Gasteiger partial charge in [-0.3, -0.25) is 14.4 Å². The molecule has 0 heterocycles. The van der Waals surface area contributed by atoms with Crippen LogP contribution in [0.5, 0.6) is 0 Å². The summed E-state index contributed by atoms with van der Waals surface area (Å²) in [7, 11) is 0. The second kappa shape index (κ2) is 62.0. The molecule has 6 nitrogen and oxygen atoms in total. The van der Waals surface area contributed by atoms with Gasteiger partial charge >= 0.3 is 17.9 Å². The SMILES string of the molecule is CCCCCCCCCCCCCCCCCCCCCCCC(=O)OCC(COC(=O)CCCCCCCCCCCCCC)OC(=O)CCCCCCCCCCCCCCCCCCCCCCC. The maximum absolute atomic E-state index is 12.9. The molecule has 0 aromatic carbocycles. The second-order valence-electron chi connectivity index (χ2n) is 22.8. The van der Waals surface area contributed by atoms with Crippen LogP contribution in [0.15, 0.2) is 0 Å². The van der Waals surface area contributed by atoms with E-state index in [2.05, 4.69) is 20.8 Å². The molecule has 1 unspecified atom stereocenters. The van der Waals surface area contributed by atoms with Crippen LogP contribution in [0.2, 0.25) is 0 Å². The lowest BCUT2D eigenvalue weighted by Gasteiger charge is -2.18. The molecular weight excluding hydrogens is 889 g/mol. The van der Waals surface area contributed by atoms with E-state index in [1.54, 1.807) is 0 Å². The molecular formula is C66H128O6. The summed E-state index contributed by atoms with van der Waals surface area (Å²) in [5.74, 6) is -0.824. The Morgan fingerprint density at radius 3 is 0.556 bits per heavy atom. The number of carbonyl (C=O) groups is 3. The fraction of sp³-hybridized carbons (Fsp3) is 0.955. The van der Waals surface area contributed by atoms with Gasteiger partial charge < -0.3 is 14.2 Å². The number of carbonyl (C=O) groups excluding carboxylic acids is 3. The van der Waals surface area contributed by atoms with E-state index in [4.69, 9.17) is 14.2 Å². The number of hydrogen-bond acceptors (Lipinski definition) is 6. The Morgan fingerprint density at radius 1 is 0.222 bits per heavy atom. The quantitative estimate of drug-likeness (QED) is 0.0343. The molecule has 0 aromatic rings. The summed E-state index contributed by atoms with van der Waals surface area (Å²) in [4.78, 5) is 38.3. The van der Waals surface area contributed by atoms with Crippen molar-refractivity contribution in [1.29, 1.82) is 0 Å². The Morgan fingerprint density at radius 2 is 0.375 bits per heavy atom. The fourth-order valence-corrected chi connectivity index (χ4v) is 10.4. The molecule has 0 spiro atoms. The Bertz CT molecular complexity index is 1080. The first-order chi connectivity index (χ1) is 35.5. The van der Waals surface area contributed by atoms with Crippen LogP contribution in [0.1, 0.15) is 387 Å². The van der Waals surface area contributed by atoms with E-state index in [1.807, 2.05) is 0 Å². The molecule has 0 radical (unpaired) electrons. The summed E-state index contributed by atoms with van der Waals surface area (Å²) >= 11 is 0. The predicted molar refractivity (Wildman–Crippen MR) is 312 cm³/mol. The molecule has 0 fully saturated rings. The van der Waals surface area contributed by atoms with Crippen molar-refractivity contribution in [2.45, 2.75) is 393 Å². The van der Waals surface area contributed by atoms with Crippen LogP contribution in [0.3, 0.4) is 0 Å². The Balaban J connectivity index is 4.21. The van der Waals surface area contributed by atoms with Crippen molar-refractivity contribution in [2.75, 3.05) is 13.2 Å². The van der Waals surface area contributed by atoms with Gasteiger partial charge in [0.05, 0.1) is 0 Å². The summed E-state index contributed by atoms with van der Waals surface area (Å²) in [6.07, 6.45) is 71.2. The van der Waals surface area contributed by atoms with Crippen molar-refractivity contribution >= 4 is 17.9 Å². The molecule has 0 aliphatic rings. The molecule has 0 aliphatic carbocycles. The van der Waals surface area contributed by atoms with E-state index in [1.165, 1.54) is 289 Å². The maximum atomic E-state index is 12.9. The Hall–Kier alpha value is -1.59. The van der Waals surface area contributed by atoms with Crippen LogP contribution in [0, 0.1) is 0 Å². The second-order valence-corrected chi connectivity index (χ2v) is 22.8. The number of rotatable bonds is 62. The van der Waals surface area contributed by atoms with Gasteiger partial charge in [0.2, 0.25) is 0 Å². The van der Waals surface area contributed by atoms with Crippen molar-refractivity contribution in [3.8, 4) is 0 Å². The number of hydrogen-bond donors (Lipinski definition) is 0. The van der Waals surface area contributed by atoms with Gasteiger partial charge in [-0.25, -0.2) is 0 Å². The Labute approximate surface area is 450 Å². The van der Waals surface area contributed by atoms with Crippen LogP contribution in [-0.2, 0) is 28.6 Å². The average molecular weight is 1020 g/mol. The van der Waals surface area contributed by atoms with Gasteiger partial charge in [-0.15, -0.1) is 0 Å². The molecule has 6 heteroatoms. The molecule has 0 bridgehead atoms. The zero-order valence-electron chi connectivity index (χ0n) is 49.2. The van der Waals surface area contributed by atoms with Gasteiger partial charge in [0.15, 0.2) is 6.10 Å². The molecule has 72 heavy (non-hydrogen) atoms. The molecule has 0 aliphatic heterocycles. The van der Waals surface area contributed by atoms with Crippen LogP contribution >= 0.6 is 0 Å². The minimum atomic E-state index is -0.762. The third-order valence-electron chi connectivity index (χ3n) is 15.4. The lowest BCUT2D eigenvalue weighted by atomic mass is 10.0. The van der Waals surface area contributed by atoms with Crippen LogP contribution in [-0.4, -0.2) is 37.2 Å². The maximum Gasteiger partial charge on any atom is 0.306 e. The number of esters is 3. The van der Waals surface area contributed by atoms with E-state index in [0.717, 1.165) is 57.8 Å². The first kappa shape index (κ1) is 70.4. The lowest BCUT2D eigenvalue weighted by Crippen LogP contribution is -2.30. The third kappa shape index (κ3) is 59.3. The average Bonchev–Trinajstić information content (AvgIpc) is 3.38. The summed E-state index contributed by atoms with van der Waals surface area (Å²) < 4.78 is 17.0. The van der Waals surface area contributed by atoms with Gasteiger partial charge in [0.25, 0.3) is 0 Å². The van der Waals surface area contributed by atoms with E-state index >= 15 is 0 Å². The molecule has 428 valence electrons. The zero-order chi connectivity index (χ0) is 52.2. The number of ether oxygens (including phenoxy) is 3. The Kier molecular flexibility index (Phi) is 60.6. The molecule has 0 N–H and O–H groups in total. The molecule has 0 saturated heterocycles. The summed E-state index contributed by atoms with van der Waals surface area (Å²) in [6.45, 7) is 6.73. The highest BCUT2D eigenvalue weighted by atomic mass is 16.6. The lowest BCUT2D eigenvalue weighted by molar-refractivity contribution is -0.167. The van der Waals surface area contributed by atoms with Gasteiger partial charge in [-0.2, -0.15) is 0 Å². The third-order valence-corrected chi connectivity index (χ3v) is 15.4. The molecule has 0 amide bonds. The van der Waals surface area contributed by atoms with E-state index < -0.39 is 6.10 Å². The van der Waals surface area contributed by atoms with Crippen molar-refractivity contribution < 1.29 is 28.6 Å². The number of unbranched alkanes of at least 4 members (excludes halogenated alkanes) is 51. The smallest absolute Gasteiger partial charge is 0.306 e. The summed E-state index contributed by atoms with van der Waals surface area (Å²) in [5, 5.41) is 0. The van der Waals surface area contributed by atoms with Crippen molar-refractivity contribution in [3.05, 3.63) is 0 Å². The minimum Gasteiger partial charge on any atom is -0.462 e. The molecule has 0 rings (SSSR count). The van der Waals surface area contributed by atoms with Crippen molar-refractivity contribution in [2.24, 2.45) is 0 Å². The fourth-order valence-electron chi connectivity index (χ4n) is 10.4. The van der Waals surface area contributed by atoms with Crippen molar-refractivity contribution in [1.82, 2.24) is 0 Å². The molecule has 0 saturated carbocycles. The van der Waals surface area contributed by atoms with Crippen molar-refractivity contribution in [3.63, 3.8) is 0 Å². The first-order valence-corrected chi connectivity index (χ1v) is 33.0.